The molecule has 0 amide bonds. The first kappa shape index (κ1) is 17.5. The summed E-state index contributed by atoms with van der Waals surface area (Å²) >= 11 is 0. The zero-order chi connectivity index (χ0) is 11.4. The molecule has 0 N–H and O–H groups in total. The fourth-order valence-electron chi connectivity index (χ4n) is 3.08. The van der Waals surface area contributed by atoms with E-state index in [1.807, 2.05) is 6.08 Å². The summed E-state index contributed by atoms with van der Waals surface area (Å²) < 4.78 is 0. The van der Waals surface area contributed by atoms with Crippen LogP contribution in [-0.2, 0) is 9.59 Å². The molecule has 2 bridgehead atoms. The van der Waals surface area contributed by atoms with Crippen molar-refractivity contribution in [3.05, 3.63) is 35.5 Å². The molecule has 3 aliphatic carbocycles. The van der Waals surface area contributed by atoms with E-state index in [1.54, 1.807) is 18.2 Å². The molecule has 0 radical (unpaired) electrons. The van der Waals surface area contributed by atoms with Crippen LogP contribution in [0.1, 0.15) is 0 Å². The normalized spacial score (nSPS) is 34.0. The van der Waals surface area contributed by atoms with Crippen LogP contribution in [-0.4, -0.2) is 11.9 Å². The monoisotopic (exact) mass is 294 g/mol. The molecule has 0 aromatic heterocycles. The van der Waals surface area contributed by atoms with Gasteiger partial charge >= 0.3 is 103 Å². The number of aliphatic carboxylic acids is 2. The first-order chi connectivity index (χ1) is 7.61. The average molecular weight is 294 g/mol. The van der Waals surface area contributed by atoms with Crippen molar-refractivity contribution in [2.45, 2.75) is 0 Å². The first-order valence-corrected chi connectivity index (χ1v) is 5.13. The van der Waals surface area contributed by atoms with E-state index in [1.165, 1.54) is 0 Å². The Morgan fingerprint density at radius 1 is 0.944 bits per heavy atom. The van der Waals surface area contributed by atoms with E-state index >= 15 is 0 Å². The van der Waals surface area contributed by atoms with Crippen LogP contribution in [0.3, 0.4) is 0 Å². The van der Waals surface area contributed by atoms with Crippen LogP contribution in [0.5, 0.6) is 0 Å². The Labute approximate surface area is 189 Å². The molecule has 0 heterocycles. The fourth-order valence-corrected chi connectivity index (χ4v) is 3.08. The first-order valence-electron chi connectivity index (χ1n) is 5.13. The molecule has 4 nitrogen and oxygen atoms in total. The van der Waals surface area contributed by atoms with Crippen molar-refractivity contribution in [2.24, 2.45) is 23.7 Å². The number of fused-ring (bicyclic) bond motifs is 4. The maximum absolute atomic E-state index is 11.0. The van der Waals surface area contributed by atoms with Crippen molar-refractivity contribution >= 4 is 11.9 Å². The Bertz CT molecular complexity index is 492. The van der Waals surface area contributed by atoms with Crippen LogP contribution in [0.2, 0.25) is 0 Å². The second-order valence-electron chi connectivity index (χ2n) is 4.35. The number of carboxylic acids is 2. The molecule has 6 heteroatoms. The third-order valence-electron chi connectivity index (χ3n) is 3.68. The summed E-state index contributed by atoms with van der Waals surface area (Å²) in [5.74, 6) is -4.22. The van der Waals surface area contributed by atoms with Gasteiger partial charge in [0.1, 0.15) is 0 Å². The van der Waals surface area contributed by atoms with Crippen molar-refractivity contribution in [1.29, 1.82) is 0 Å². The van der Waals surface area contributed by atoms with E-state index in [2.05, 4.69) is 0 Å². The summed E-state index contributed by atoms with van der Waals surface area (Å²) in [6.45, 7) is 0. The van der Waals surface area contributed by atoms with Crippen molar-refractivity contribution < 1.29 is 123 Å². The number of allylic oxidation sites excluding steroid dienone is 4. The molecule has 18 heavy (non-hydrogen) atoms. The Morgan fingerprint density at radius 2 is 1.56 bits per heavy atom. The van der Waals surface area contributed by atoms with Gasteiger partial charge in [-0.15, -0.1) is 0 Å². The van der Waals surface area contributed by atoms with Crippen LogP contribution >= 0.6 is 0 Å². The molecule has 0 aliphatic heterocycles. The minimum atomic E-state index is -1.17. The average Bonchev–Trinajstić information content (AvgIpc) is 2.87. The predicted molar refractivity (Wildman–Crippen MR) is 49.3 cm³/mol. The van der Waals surface area contributed by atoms with Crippen LogP contribution in [0, 0.1) is 23.7 Å². The summed E-state index contributed by atoms with van der Waals surface area (Å²) in [4.78, 5) is 21.9. The van der Waals surface area contributed by atoms with E-state index in [9.17, 15) is 19.8 Å². The van der Waals surface area contributed by atoms with Crippen molar-refractivity contribution in [1.82, 2.24) is 0 Å². The van der Waals surface area contributed by atoms with Crippen molar-refractivity contribution in [2.75, 3.05) is 0 Å². The third-order valence-corrected chi connectivity index (χ3v) is 3.68. The van der Waals surface area contributed by atoms with E-state index < -0.39 is 23.8 Å². The van der Waals surface area contributed by atoms with Crippen LogP contribution < -0.4 is 113 Å². The second kappa shape index (κ2) is 6.47. The quantitative estimate of drug-likeness (QED) is 0.374. The second-order valence-corrected chi connectivity index (χ2v) is 4.35. The van der Waals surface area contributed by atoms with Gasteiger partial charge in [0.05, 0.1) is 5.97 Å². The fraction of sp³-hybridized carbons (Fsp3) is 0.333. The number of hydrogen-bond acceptors (Lipinski definition) is 4. The van der Waals surface area contributed by atoms with Crippen molar-refractivity contribution in [3.8, 4) is 0 Å². The van der Waals surface area contributed by atoms with E-state index in [0.29, 0.717) is 5.57 Å². The van der Waals surface area contributed by atoms with Gasteiger partial charge in [0.2, 0.25) is 0 Å². The van der Waals surface area contributed by atoms with Crippen LogP contribution in [0.4, 0.5) is 0 Å². The van der Waals surface area contributed by atoms with Gasteiger partial charge in [-0.1, -0.05) is 24.3 Å². The summed E-state index contributed by atoms with van der Waals surface area (Å²) in [7, 11) is 0. The molecule has 3 aliphatic rings. The number of rotatable bonds is 2. The Hall–Kier alpha value is 1.43. The molecule has 0 aromatic carbocycles. The van der Waals surface area contributed by atoms with Gasteiger partial charge in [-0.2, -0.15) is 0 Å². The van der Waals surface area contributed by atoms with Gasteiger partial charge < -0.3 is 19.8 Å². The van der Waals surface area contributed by atoms with E-state index in [0.717, 1.165) is 5.57 Å². The van der Waals surface area contributed by atoms with Gasteiger partial charge in [0, 0.05) is 29.6 Å². The molecule has 4 atom stereocenters. The molecule has 0 saturated heterocycles. The SMILES string of the molecule is O=C([O-])C1C=CC2=C1C1C=CC2C1C(=O)[O-].[K+].[K+]. The van der Waals surface area contributed by atoms with Gasteiger partial charge in [-0.25, -0.2) is 0 Å². The van der Waals surface area contributed by atoms with Gasteiger partial charge in [-0.3, -0.25) is 0 Å². The van der Waals surface area contributed by atoms with Crippen LogP contribution in [0.25, 0.3) is 0 Å². The smallest absolute Gasteiger partial charge is 0.550 e. The van der Waals surface area contributed by atoms with E-state index in [-0.39, 0.29) is 115 Å². The van der Waals surface area contributed by atoms with Crippen molar-refractivity contribution in [3.63, 3.8) is 0 Å². The summed E-state index contributed by atoms with van der Waals surface area (Å²) in [5, 5.41) is 21.9. The Balaban J connectivity index is 0.000000810. The molecule has 3 rings (SSSR count). The molecule has 0 spiro atoms. The minimum Gasteiger partial charge on any atom is -0.550 e. The minimum absolute atomic E-state index is 0. The predicted octanol–water partition coefficient (Wildman–Crippen LogP) is -7.59. The summed E-state index contributed by atoms with van der Waals surface area (Å²) in [5.41, 5.74) is 1.51. The summed E-state index contributed by atoms with van der Waals surface area (Å²) in [6, 6.07) is 0. The maximum Gasteiger partial charge on any atom is 1.00 e. The van der Waals surface area contributed by atoms with Gasteiger partial charge in [0.15, 0.2) is 0 Å². The van der Waals surface area contributed by atoms with E-state index in [4.69, 9.17) is 0 Å². The number of carboxylic acid groups (broad SMARTS) is 2. The molecule has 0 saturated carbocycles. The zero-order valence-electron chi connectivity index (χ0n) is 10.3. The molecule has 0 aromatic rings. The van der Waals surface area contributed by atoms with Gasteiger partial charge in [-0.05, 0) is 11.1 Å². The maximum atomic E-state index is 11.0. The molecular weight excluding hydrogens is 286 g/mol. The number of hydrogen-bond donors (Lipinski definition) is 0. The molecule has 4 unspecified atom stereocenters. The number of carbonyl (C=O) groups is 2. The zero-order valence-corrected chi connectivity index (χ0v) is 16.5. The summed E-state index contributed by atoms with van der Waals surface area (Å²) in [6.07, 6.45) is 6.87. The van der Waals surface area contributed by atoms with Gasteiger partial charge in [0.25, 0.3) is 0 Å². The molecular formula is C12H8K2O4. The van der Waals surface area contributed by atoms with Crippen LogP contribution in [0.15, 0.2) is 35.5 Å². The molecule has 0 fully saturated rings. The third kappa shape index (κ3) is 2.50. The molecule has 82 valence electrons. The largest absolute Gasteiger partial charge is 1.00 e. The number of carbonyl (C=O) groups excluding carboxylic acids is 2. The topological polar surface area (TPSA) is 80.3 Å². The Morgan fingerprint density at radius 3 is 2.11 bits per heavy atom. The Kier molecular flexibility index (Phi) is 6.28. The standard InChI is InChI=1S/C12H10O4.2K/c13-11(14)8-4-2-5-6-1-3-7(9(5)8)10(6)12(15)16;;/h1-4,6-8,10H,(H,13,14)(H,15,16);;/q;2*+1/p-2.